The van der Waals surface area contributed by atoms with Crippen LogP contribution < -0.4 is 10.5 Å². The zero-order chi connectivity index (χ0) is 12.8. The van der Waals surface area contributed by atoms with E-state index in [0.29, 0.717) is 18.1 Å². The van der Waals surface area contributed by atoms with Crippen LogP contribution in [0.5, 0.6) is 5.75 Å². The van der Waals surface area contributed by atoms with Gasteiger partial charge in [0, 0.05) is 18.8 Å². The standard InChI is InChI=1S/C14H19NO3/c15-14(16)12-3-5-13(6-4-12)18-9-7-11-2-1-8-17-10-11/h3-6,11H,1-2,7-10H2,(H2,15,16). The molecule has 0 aromatic heterocycles. The summed E-state index contributed by atoms with van der Waals surface area (Å²) in [7, 11) is 0. The van der Waals surface area contributed by atoms with Gasteiger partial charge in [-0.1, -0.05) is 0 Å². The summed E-state index contributed by atoms with van der Waals surface area (Å²) in [5.74, 6) is 0.973. The van der Waals surface area contributed by atoms with Gasteiger partial charge in [0.05, 0.1) is 6.61 Å². The molecule has 0 bridgehead atoms. The minimum absolute atomic E-state index is 0.416. The molecule has 18 heavy (non-hydrogen) atoms. The van der Waals surface area contributed by atoms with E-state index in [1.165, 1.54) is 6.42 Å². The molecule has 1 aliphatic rings. The van der Waals surface area contributed by atoms with E-state index in [9.17, 15) is 4.79 Å². The zero-order valence-electron chi connectivity index (χ0n) is 10.4. The number of benzene rings is 1. The number of carbonyl (C=O) groups is 1. The molecule has 1 heterocycles. The molecule has 1 atom stereocenters. The molecule has 0 aliphatic carbocycles. The Kier molecular flexibility index (Phi) is 4.59. The summed E-state index contributed by atoms with van der Waals surface area (Å²) in [5, 5.41) is 0. The van der Waals surface area contributed by atoms with E-state index in [-0.39, 0.29) is 0 Å². The van der Waals surface area contributed by atoms with E-state index < -0.39 is 5.91 Å². The van der Waals surface area contributed by atoms with Crippen molar-refractivity contribution in [3.63, 3.8) is 0 Å². The van der Waals surface area contributed by atoms with Crippen molar-refractivity contribution in [3.8, 4) is 5.75 Å². The highest BCUT2D eigenvalue weighted by Crippen LogP contribution is 2.18. The fourth-order valence-corrected chi connectivity index (χ4v) is 2.09. The van der Waals surface area contributed by atoms with Crippen LogP contribution in [0.15, 0.2) is 24.3 Å². The first-order valence-electron chi connectivity index (χ1n) is 6.36. The molecule has 1 amide bonds. The molecule has 1 unspecified atom stereocenters. The SMILES string of the molecule is NC(=O)c1ccc(OCCC2CCCOC2)cc1. The number of hydrogen-bond donors (Lipinski definition) is 1. The van der Waals surface area contributed by atoms with Crippen LogP contribution in [0.1, 0.15) is 29.6 Å². The average Bonchev–Trinajstić information content (AvgIpc) is 2.40. The number of carbonyl (C=O) groups excluding carboxylic acids is 1. The van der Waals surface area contributed by atoms with Gasteiger partial charge < -0.3 is 15.2 Å². The molecule has 1 saturated heterocycles. The molecule has 1 aromatic carbocycles. The monoisotopic (exact) mass is 249 g/mol. The van der Waals surface area contributed by atoms with Gasteiger partial charge in [0.1, 0.15) is 5.75 Å². The quantitative estimate of drug-likeness (QED) is 0.868. The second kappa shape index (κ2) is 6.40. The number of ether oxygens (including phenoxy) is 2. The number of nitrogens with two attached hydrogens (primary N) is 1. The first-order valence-corrected chi connectivity index (χ1v) is 6.36. The topological polar surface area (TPSA) is 61.6 Å². The van der Waals surface area contributed by atoms with Crippen LogP contribution in [0.2, 0.25) is 0 Å². The van der Waals surface area contributed by atoms with E-state index >= 15 is 0 Å². The van der Waals surface area contributed by atoms with Crippen LogP contribution in [-0.2, 0) is 4.74 Å². The molecule has 0 spiro atoms. The van der Waals surface area contributed by atoms with Crippen LogP contribution in [0.25, 0.3) is 0 Å². The minimum Gasteiger partial charge on any atom is -0.494 e. The van der Waals surface area contributed by atoms with Crippen molar-refractivity contribution in [2.75, 3.05) is 19.8 Å². The largest absolute Gasteiger partial charge is 0.494 e. The lowest BCUT2D eigenvalue weighted by atomic mass is 9.99. The molecular weight excluding hydrogens is 230 g/mol. The van der Waals surface area contributed by atoms with Gasteiger partial charge in [-0.3, -0.25) is 4.79 Å². The number of rotatable bonds is 5. The summed E-state index contributed by atoms with van der Waals surface area (Å²) in [6.07, 6.45) is 3.39. The Morgan fingerprint density at radius 1 is 1.39 bits per heavy atom. The Hall–Kier alpha value is -1.55. The van der Waals surface area contributed by atoms with Crippen molar-refractivity contribution >= 4 is 5.91 Å². The van der Waals surface area contributed by atoms with Gasteiger partial charge in [0.2, 0.25) is 5.91 Å². The molecule has 2 rings (SSSR count). The summed E-state index contributed by atoms with van der Waals surface area (Å²) >= 11 is 0. The summed E-state index contributed by atoms with van der Waals surface area (Å²) in [6.45, 7) is 2.43. The Balaban J connectivity index is 1.74. The van der Waals surface area contributed by atoms with Crippen molar-refractivity contribution < 1.29 is 14.3 Å². The molecule has 1 fully saturated rings. The molecule has 2 N–H and O–H groups in total. The van der Waals surface area contributed by atoms with Crippen molar-refractivity contribution in [2.45, 2.75) is 19.3 Å². The first kappa shape index (κ1) is 12.9. The van der Waals surface area contributed by atoms with E-state index in [4.69, 9.17) is 15.2 Å². The Morgan fingerprint density at radius 3 is 2.78 bits per heavy atom. The van der Waals surface area contributed by atoms with Crippen molar-refractivity contribution in [1.29, 1.82) is 0 Å². The molecule has 98 valence electrons. The van der Waals surface area contributed by atoms with Crippen LogP contribution in [0, 0.1) is 5.92 Å². The van der Waals surface area contributed by atoms with E-state index in [0.717, 1.165) is 31.8 Å². The second-order valence-electron chi connectivity index (χ2n) is 4.61. The minimum atomic E-state index is -0.416. The third-order valence-corrected chi connectivity index (χ3v) is 3.19. The van der Waals surface area contributed by atoms with Gasteiger partial charge in [-0.05, 0) is 49.4 Å². The molecule has 1 aromatic rings. The van der Waals surface area contributed by atoms with E-state index in [1.54, 1.807) is 24.3 Å². The predicted octanol–water partition coefficient (Wildman–Crippen LogP) is 1.98. The van der Waals surface area contributed by atoms with Crippen molar-refractivity contribution in [1.82, 2.24) is 0 Å². The molecule has 0 radical (unpaired) electrons. The summed E-state index contributed by atoms with van der Waals surface area (Å²) < 4.78 is 11.1. The summed E-state index contributed by atoms with van der Waals surface area (Å²) in [4.78, 5) is 10.9. The maximum Gasteiger partial charge on any atom is 0.248 e. The lowest BCUT2D eigenvalue weighted by Gasteiger charge is -2.21. The third-order valence-electron chi connectivity index (χ3n) is 3.19. The molecular formula is C14H19NO3. The zero-order valence-corrected chi connectivity index (χ0v) is 10.4. The smallest absolute Gasteiger partial charge is 0.248 e. The summed E-state index contributed by atoms with van der Waals surface area (Å²) in [6, 6.07) is 6.91. The highest BCUT2D eigenvalue weighted by molar-refractivity contribution is 5.92. The second-order valence-corrected chi connectivity index (χ2v) is 4.61. The number of primary amides is 1. The Labute approximate surface area is 107 Å². The predicted molar refractivity (Wildman–Crippen MR) is 68.6 cm³/mol. The maximum absolute atomic E-state index is 10.9. The van der Waals surface area contributed by atoms with Gasteiger partial charge in [0.15, 0.2) is 0 Å². The molecule has 4 nitrogen and oxygen atoms in total. The highest BCUT2D eigenvalue weighted by atomic mass is 16.5. The first-order chi connectivity index (χ1) is 8.75. The van der Waals surface area contributed by atoms with Gasteiger partial charge in [0.25, 0.3) is 0 Å². The van der Waals surface area contributed by atoms with Gasteiger partial charge in [-0.2, -0.15) is 0 Å². The van der Waals surface area contributed by atoms with Gasteiger partial charge in [-0.25, -0.2) is 0 Å². The Morgan fingerprint density at radius 2 is 2.17 bits per heavy atom. The van der Waals surface area contributed by atoms with E-state index in [1.807, 2.05) is 0 Å². The fourth-order valence-electron chi connectivity index (χ4n) is 2.09. The lowest BCUT2D eigenvalue weighted by Crippen LogP contribution is -2.19. The van der Waals surface area contributed by atoms with Crippen LogP contribution in [-0.4, -0.2) is 25.7 Å². The van der Waals surface area contributed by atoms with E-state index in [2.05, 4.69) is 0 Å². The maximum atomic E-state index is 10.9. The third kappa shape index (κ3) is 3.74. The fraction of sp³-hybridized carbons (Fsp3) is 0.500. The van der Waals surface area contributed by atoms with Crippen molar-refractivity contribution in [3.05, 3.63) is 29.8 Å². The Bertz CT molecular complexity index is 383. The van der Waals surface area contributed by atoms with Gasteiger partial charge in [-0.15, -0.1) is 0 Å². The molecule has 0 saturated carbocycles. The van der Waals surface area contributed by atoms with Crippen molar-refractivity contribution in [2.24, 2.45) is 11.7 Å². The summed E-state index contributed by atoms with van der Waals surface area (Å²) in [5.41, 5.74) is 5.67. The van der Waals surface area contributed by atoms with Crippen LogP contribution >= 0.6 is 0 Å². The lowest BCUT2D eigenvalue weighted by molar-refractivity contribution is 0.0462. The number of hydrogen-bond acceptors (Lipinski definition) is 3. The highest BCUT2D eigenvalue weighted by Gasteiger charge is 2.13. The molecule has 4 heteroatoms. The molecule has 1 aliphatic heterocycles. The average molecular weight is 249 g/mol. The van der Waals surface area contributed by atoms with Crippen LogP contribution in [0.4, 0.5) is 0 Å². The normalized spacial score (nSPS) is 19.4. The van der Waals surface area contributed by atoms with Gasteiger partial charge >= 0.3 is 0 Å². The number of amides is 1. The van der Waals surface area contributed by atoms with Crippen LogP contribution in [0.3, 0.4) is 0 Å².